The molecule has 3 aliphatic rings. The molecule has 0 spiro atoms. The third-order valence-corrected chi connectivity index (χ3v) is 12.4. The summed E-state index contributed by atoms with van der Waals surface area (Å²) < 4.78 is 4.77. The molecule has 0 saturated carbocycles. The predicted molar refractivity (Wildman–Crippen MR) is 245 cm³/mol. The first-order valence-electron chi connectivity index (χ1n) is 22.2. The number of carbonyl (C=O) groups excluding carboxylic acids is 5. The van der Waals surface area contributed by atoms with Crippen molar-refractivity contribution in [2.45, 2.75) is 96.6 Å². The van der Waals surface area contributed by atoms with Gasteiger partial charge in [0, 0.05) is 43.2 Å². The van der Waals surface area contributed by atoms with Crippen molar-refractivity contribution in [3.05, 3.63) is 126 Å². The number of nitrogens with one attached hydrogen (secondary N) is 3. The Bertz CT molecular complexity index is 2190. The summed E-state index contributed by atoms with van der Waals surface area (Å²) in [6.45, 7) is 9.53. The molecule has 3 saturated heterocycles. The largest absolute Gasteiger partial charge is 0.453 e. The Morgan fingerprint density at radius 3 is 1.59 bits per heavy atom. The van der Waals surface area contributed by atoms with Crippen LogP contribution >= 0.6 is 0 Å². The number of alkyl carbamates (subject to hydrolysis) is 1. The van der Waals surface area contributed by atoms with Gasteiger partial charge in [-0.3, -0.25) is 24.1 Å². The van der Waals surface area contributed by atoms with Crippen LogP contribution in [0.4, 0.5) is 21.9 Å². The number of hydrogen-bond acceptors (Lipinski definition) is 8. The second-order valence-electron chi connectivity index (χ2n) is 17.9. The molecule has 13 heteroatoms. The zero-order chi connectivity index (χ0) is 44.5. The van der Waals surface area contributed by atoms with Gasteiger partial charge in [-0.1, -0.05) is 93.6 Å². The molecule has 4 atom stereocenters. The van der Waals surface area contributed by atoms with Gasteiger partial charge >= 0.3 is 6.09 Å². The van der Waals surface area contributed by atoms with Crippen LogP contribution in [0.2, 0.25) is 0 Å². The summed E-state index contributed by atoms with van der Waals surface area (Å²) >= 11 is 0. The topological polar surface area (TPSA) is 144 Å². The summed E-state index contributed by atoms with van der Waals surface area (Å²) in [5, 5.41) is 8.77. The summed E-state index contributed by atoms with van der Waals surface area (Å²) in [5.41, 5.74) is 4.82. The number of nitrogens with zero attached hydrogens (tertiary/aromatic N) is 4. The minimum atomic E-state index is -0.853. The van der Waals surface area contributed by atoms with Crippen LogP contribution in [0.25, 0.3) is 0 Å². The quantitative estimate of drug-likeness (QED) is 0.120. The lowest BCUT2D eigenvalue weighted by atomic mass is 9.85. The average Bonchev–Trinajstić information content (AvgIpc) is 4.11. The highest BCUT2D eigenvalue weighted by atomic mass is 16.5. The van der Waals surface area contributed by atoms with E-state index in [-0.39, 0.29) is 29.7 Å². The first-order chi connectivity index (χ1) is 30.4. The van der Waals surface area contributed by atoms with Crippen LogP contribution in [0.5, 0.6) is 0 Å². The van der Waals surface area contributed by atoms with E-state index in [4.69, 9.17) is 4.74 Å². The number of rotatable bonds is 14. The van der Waals surface area contributed by atoms with Crippen molar-refractivity contribution < 1.29 is 28.7 Å². The Hall–Kier alpha value is -6.21. The Kier molecular flexibility index (Phi) is 14.5. The SMILES string of the molecule is COC(=O)N[C@H](C(=O)N1CCCC1C(=O)Nc1ccc(CN(Cc2ccc(NC(=O)C3CCCN3C(=O)[C@@H](c3ccccc3)N3CCCC3)cc2)c2ccccc2)cc1)C(C)(C)C. The van der Waals surface area contributed by atoms with E-state index >= 15 is 0 Å². The molecule has 3 heterocycles. The van der Waals surface area contributed by atoms with Gasteiger partial charge in [0.1, 0.15) is 24.2 Å². The van der Waals surface area contributed by atoms with Gasteiger partial charge in [0.15, 0.2) is 0 Å². The fraction of sp³-hybridized carbons (Fsp3) is 0.420. The number of para-hydroxylation sites is 1. The van der Waals surface area contributed by atoms with Gasteiger partial charge in [0.2, 0.25) is 23.6 Å². The highest BCUT2D eigenvalue weighted by Gasteiger charge is 2.43. The molecule has 0 aliphatic carbocycles. The molecule has 0 aromatic heterocycles. The Balaban J connectivity index is 0.970. The molecule has 3 aliphatic heterocycles. The smallest absolute Gasteiger partial charge is 0.407 e. The van der Waals surface area contributed by atoms with Crippen LogP contribution in [0.1, 0.15) is 82.0 Å². The number of amides is 5. The van der Waals surface area contributed by atoms with Crippen molar-refractivity contribution >= 4 is 46.8 Å². The fourth-order valence-corrected chi connectivity index (χ4v) is 9.06. The highest BCUT2D eigenvalue weighted by molar-refractivity contribution is 5.99. The van der Waals surface area contributed by atoms with E-state index in [0.29, 0.717) is 56.8 Å². The second kappa shape index (κ2) is 20.3. The maximum atomic E-state index is 14.2. The van der Waals surface area contributed by atoms with Crippen LogP contribution in [0.15, 0.2) is 109 Å². The lowest BCUT2D eigenvalue weighted by molar-refractivity contribution is -0.141. The third kappa shape index (κ3) is 11.1. The van der Waals surface area contributed by atoms with Crippen LogP contribution in [0.3, 0.4) is 0 Å². The maximum Gasteiger partial charge on any atom is 0.407 e. The van der Waals surface area contributed by atoms with Gasteiger partial charge in [-0.15, -0.1) is 0 Å². The highest BCUT2D eigenvalue weighted by Crippen LogP contribution is 2.32. The van der Waals surface area contributed by atoms with Crippen molar-refractivity contribution in [2.24, 2.45) is 5.41 Å². The molecule has 0 bridgehead atoms. The van der Waals surface area contributed by atoms with Gasteiger partial charge < -0.3 is 35.4 Å². The molecule has 13 nitrogen and oxygen atoms in total. The van der Waals surface area contributed by atoms with Crippen LogP contribution < -0.4 is 20.9 Å². The predicted octanol–water partition coefficient (Wildman–Crippen LogP) is 7.36. The standard InChI is InChI=1S/C50H61N7O6/c1-50(2,3)44(53-49(62)63-4)48(61)57-32-14-20-42(57)46(59)52-39-27-23-36(24-28-39)34-55(40-17-9-6-10-18-40)33-35-21-25-38(26-22-35)51-45(58)41-19-13-31-56(41)47(60)43(54-29-11-12-30-54)37-15-7-5-8-16-37/h5-10,15-18,21-28,41-44H,11-14,19-20,29-34H2,1-4H3,(H,51,58)(H,52,59)(H,53,62)/t41?,42?,43-,44-/m1/s1. The zero-order valence-corrected chi connectivity index (χ0v) is 36.9. The molecule has 2 unspecified atom stereocenters. The van der Waals surface area contributed by atoms with Gasteiger partial charge in [-0.2, -0.15) is 0 Å². The summed E-state index contributed by atoms with van der Waals surface area (Å²) in [6.07, 6.45) is 4.07. The van der Waals surface area contributed by atoms with E-state index in [1.165, 1.54) is 7.11 Å². The molecule has 3 fully saturated rings. The summed E-state index contributed by atoms with van der Waals surface area (Å²) in [6, 6.07) is 33.3. The van der Waals surface area contributed by atoms with E-state index in [1.54, 1.807) is 9.80 Å². The molecule has 5 amide bonds. The molecular weight excluding hydrogens is 795 g/mol. The zero-order valence-electron chi connectivity index (χ0n) is 36.9. The Labute approximate surface area is 371 Å². The van der Waals surface area contributed by atoms with Crippen molar-refractivity contribution in [3.63, 3.8) is 0 Å². The van der Waals surface area contributed by atoms with Gasteiger partial charge in [0.25, 0.3) is 0 Å². The van der Waals surface area contributed by atoms with Crippen molar-refractivity contribution in [1.82, 2.24) is 20.0 Å². The third-order valence-electron chi connectivity index (χ3n) is 12.4. The van der Waals surface area contributed by atoms with Gasteiger partial charge in [-0.25, -0.2) is 4.79 Å². The van der Waals surface area contributed by atoms with E-state index in [9.17, 15) is 24.0 Å². The van der Waals surface area contributed by atoms with Crippen molar-refractivity contribution in [2.75, 3.05) is 48.8 Å². The number of carbonyl (C=O) groups is 5. The average molecular weight is 856 g/mol. The Morgan fingerprint density at radius 2 is 1.11 bits per heavy atom. The molecule has 0 radical (unpaired) electrons. The number of benzene rings is 4. The first-order valence-corrected chi connectivity index (χ1v) is 22.2. The summed E-state index contributed by atoms with van der Waals surface area (Å²) in [4.78, 5) is 75.2. The number of ether oxygens (including phenoxy) is 1. The van der Waals surface area contributed by atoms with Crippen LogP contribution in [-0.2, 0) is 37.0 Å². The second-order valence-corrected chi connectivity index (χ2v) is 17.9. The monoisotopic (exact) mass is 855 g/mol. The van der Waals surface area contributed by atoms with E-state index in [0.717, 1.165) is 54.7 Å². The lowest BCUT2D eigenvalue weighted by Crippen LogP contribution is -2.57. The van der Waals surface area contributed by atoms with Gasteiger partial charge in [0.05, 0.1) is 7.11 Å². The number of likely N-dealkylation sites (tertiary alicyclic amines) is 3. The number of methoxy groups -OCH3 is 1. The first kappa shape index (κ1) is 44.8. The van der Waals surface area contributed by atoms with E-state index in [1.807, 2.05) is 118 Å². The fourth-order valence-electron chi connectivity index (χ4n) is 9.06. The molecule has 7 rings (SSSR count). The minimum Gasteiger partial charge on any atom is -0.453 e. The Morgan fingerprint density at radius 1 is 0.635 bits per heavy atom. The van der Waals surface area contributed by atoms with Crippen molar-refractivity contribution in [1.29, 1.82) is 0 Å². The van der Waals surface area contributed by atoms with Crippen LogP contribution in [0, 0.1) is 5.41 Å². The number of hydrogen-bond donors (Lipinski definition) is 3. The minimum absolute atomic E-state index is 0.00224. The number of anilines is 3. The van der Waals surface area contributed by atoms with E-state index < -0.39 is 29.6 Å². The van der Waals surface area contributed by atoms with Gasteiger partial charge in [-0.05, 0) is 110 Å². The van der Waals surface area contributed by atoms with Crippen molar-refractivity contribution in [3.8, 4) is 0 Å². The molecule has 332 valence electrons. The molecule has 4 aromatic rings. The van der Waals surface area contributed by atoms with Crippen LogP contribution in [-0.4, -0.2) is 95.8 Å². The normalized spacial score (nSPS) is 18.7. The molecule has 3 N–H and O–H groups in total. The summed E-state index contributed by atoms with van der Waals surface area (Å²) in [5.74, 6) is -0.741. The molecule has 63 heavy (non-hydrogen) atoms. The van der Waals surface area contributed by atoms with E-state index in [2.05, 4.69) is 37.9 Å². The molecular formula is C50H61N7O6. The maximum absolute atomic E-state index is 14.2. The lowest BCUT2D eigenvalue weighted by Gasteiger charge is -2.35. The summed E-state index contributed by atoms with van der Waals surface area (Å²) in [7, 11) is 1.26. The molecule has 4 aromatic carbocycles.